The summed E-state index contributed by atoms with van der Waals surface area (Å²) in [5, 5.41) is 17.8. The van der Waals surface area contributed by atoms with Crippen LogP contribution in [-0.4, -0.2) is 51.6 Å². The minimum absolute atomic E-state index is 0.0486. The second kappa shape index (κ2) is 7.81. The quantitative estimate of drug-likeness (QED) is 0.603. The summed E-state index contributed by atoms with van der Waals surface area (Å²) in [5.74, 6) is 0.0712. The molecule has 3 heterocycles. The zero-order valence-corrected chi connectivity index (χ0v) is 17.5. The summed E-state index contributed by atoms with van der Waals surface area (Å²) in [4.78, 5) is 16.4. The molecule has 0 spiro atoms. The first-order valence-electron chi connectivity index (χ1n) is 10.1. The normalized spacial score (nSPS) is 20.7. The number of H-pyrrole nitrogens is 1. The summed E-state index contributed by atoms with van der Waals surface area (Å²) >= 11 is 1.68. The number of aromatic hydroxyl groups is 1. The number of amides is 1. The van der Waals surface area contributed by atoms with Crippen LogP contribution in [-0.2, 0) is 4.74 Å². The molecule has 2 aromatic carbocycles. The third-order valence-electron chi connectivity index (χ3n) is 5.88. The molecule has 0 unspecified atom stereocenters. The van der Waals surface area contributed by atoms with Gasteiger partial charge in [-0.25, -0.2) is 0 Å². The molecule has 2 aliphatic rings. The van der Waals surface area contributed by atoms with Crippen LogP contribution < -0.4 is 0 Å². The average Bonchev–Trinajstić information content (AvgIpc) is 3.49. The third-order valence-corrected chi connectivity index (χ3v) is 6.62. The van der Waals surface area contributed by atoms with Gasteiger partial charge in [-0.2, -0.15) is 5.10 Å². The fraction of sp³-hybridized carbons (Fsp3) is 0.304. The second-order valence-corrected chi connectivity index (χ2v) is 8.53. The first kappa shape index (κ1) is 19.2. The fourth-order valence-electron chi connectivity index (χ4n) is 4.40. The highest BCUT2D eigenvalue weighted by molar-refractivity contribution is 7.98. The molecule has 1 saturated heterocycles. The zero-order valence-electron chi connectivity index (χ0n) is 16.7. The number of rotatable bonds is 5. The van der Waals surface area contributed by atoms with E-state index in [4.69, 9.17) is 4.74 Å². The number of ether oxygens (including phenoxy) is 1. The lowest BCUT2D eigenvalue weighted by atomic mass is 9.95. The molecule has 5 rings (SSSR count). The highest BCUT2D eigenvalue weighted by atomic mass is 32.2. The summed E-state index contributed by atoms with van der Waals surface area (Å²) in [6, 6.07) is 15.1. The molecule has 1 fully saturated rings. The lowest BCUT2D eigenvalue weighted by molar-refractivity contribution is 0.0495. The maximum absolute atomic E-state index is 13.4. The molecule has 154 valence electrons. The van der Waals surface area contributed by atoms with Gasteiger partial charge in [0.05, 0.1) is 12.1 Å². The SMILES string of the molecule is CSc1ccc([C@H]2c3c(-c4ccccc4O)n[nH]c3C(=O)N2C[C@@H]2CCCO2)cc1. The van der Waals surface area contributed by atoms with Crippen molar-refractivity contribution in [2.24, 2.45) is 0 Å². The van der Waals surface area contributed by atoms with Crippen LogP contribution >= 0.6 is 11.8 Å². The van der Waals surface area contributed by atoms with Crippen molar-refractivity contribution in [1.82, 2.24) is 15.1 Å². The Bertz CT molecular complexity index is 1070. The van der Waals surface area contributed by atoms with E-state index in [1.165, 1.54) is 4.90 Å². The number of carbonyl (C=O) groups excluding carboxylic acids is 1. The van der Waals surface area contributed by atoms with E-state index >= 15 is 0 Å². The standard InChI is InChI=1S/C23H23N3O3S/c1-30-16-10-8-14(9-11-16)22-19-20(17-6-2-3-7-18(17)27)24-25-21(19)23(28)26(22)13-15-5-4-12-29-15/h2-3,6-11,15,22,27H,4-5,12-13H2,1H3,(H,24,25)/t15-,22-/m0/s1. The van der Waals surface area contributed by atoms with Crippen LogP contribution in [0.15, 0.2) is 53.4 Å². The number of thioether (sulfide) groups is 1. The molecule has 7 heteroatoms. The van der Waals surface area contributed by atoms with Crippen molar-refractivity contribution in [3.05, 3.63) is 65.4 Å². The lowest BCUT2D eigenvalue weighted by Crippen LogP contribution is -2.36. The number of aromatic amines is 1. The average molecular weight is 422 g/mol. The number of phenolic OH excluding ortho intramolecular Hbond substituents is 1. The number of carbonyl (C=O) groups is 1. The number of fused-ring (bicyclic) bond motifs is 1. The molecular weight excluding hydrogens is 398 g/mol. The molecule has 2 N–H and O–H groups in total. The molecule has 0 bridgehead atoms. The van der Waals surface area contributed by atoms with E-state index in [-0.39, 0.29) is 23.8 Å². The molecular formula is C23H23N3O3S. The molecule has 1 amide bonds. The van der Waals surface area contributed by atoms with E-state index < -0.39 is 0 Å². The van der Waals surface area contributed by atoms with E-state index in [1.54, 1.807) is 23.9 Å². The van der Waals surface area contributed by atoms with Gasteiger partial charge < -0.3 is 14.7 Å². The molecule has 0 aliphatic carbocycles. The maximum atomic E-state index is 13.4. The number of benzene rings is 2. The van der Waals surface area contributed by atoms with Crippen molar-refractivity contribution >= 4 is 17.7 Å². The fourth-order valence-corrected chi connectivity index (χ4v) is 4.81. The largest absolute Gasteiger partial charge is 0.507 e. The van der Waals surface area contributed by atoms with Gasteiger partial charge in [-0.15, -0.1) is 11.8 Å². The first-order valence-corrected chi connectivity index (χ1v) is 11.3. The Hall–Kier alpha value is -2.77. The van der Waals surface area contributed by atoms with E-state index in [0.29, 0.717) is 23.5 Å². The van der Waals surface area contributed by atoms with Gasteiger partial charge in [-0.05, 0) is 48.9 Å². The molecule has 0 saturated carbocycles. The van der Waals surface area contributed by atoms with Gasteiger partial charge in [-0.3, -0.25) is 9.89 Å². The van der Waals surface area contributed by atoms with Crippen LogP contribution in [0, 0.1) is 0 Å². The molecule has 6 nitrogen and oxygen atoms in total. The van der Waals surface area contributed by atoms with Crippen LogP contribution in [0.5, 0.6) is 5.75 Å². The number of phenols is 1. The third kappa shape index (κ3) is 3.18. The van der Waals surface area contributed by atoms with Crippen LogP contribution in [0.1, 0.15) is 40.5 Å². The second-order valence-electron chi connectivity index (χ2n) is 7.65. The number of hydrogen-bond acceptors (Lipinski definition) is 5. The molecule has 3 aromatic rings. The summed E-state index contributed by atoms with van der Waals surface area (Å²) in [5.41, 5.74) is 3.57. The Morgan fingerprint density at radius 2 is 2.03 bits per heavy atom. The maximum Gasteiger partial charge on any atom is 0.273 e. The van der Waals surface area contributed by atoms with Crippen LogP contribution in [0.3, 0.4) is 0 Å². The Morgan fingerprint density at radius 1 is 1.23 bits per heavy atom. The van der Waals surface area contributed by atoms with E-state index in [0.717, 1.165) is 30.6 Å². The van der Waals surface area contributed by atoms with Crippen molar-refractivity contribution in [3.63, 3.8) is 0 Å². The Kier molecular flexibility index (Phi) is 5.00. The number of aromatic nitrogens is 2. The van der Waals surface area contributed by atoms with E-state index in [9.17, 15) is 9.90 Å². The molecule has 2 aliphatic heterocycles. The van der Waals surface area contributed by atoms with Crippen molar-refractivity contribution < 1.29 is 14.6 Å². The van der Waals surface area contributed by atoms with Gasteiger partial charge in [0.1, 0.15) is 17.1 Å². The minimum Gasteiger partial charge on any atom is -0.507 e. The summed E-state index contributed by atoms with van der Waals surface area (Å²) in [6.07, 6.45) is 4.07. The van der Waals surface area contributed by atoms with Gasteiger partial charge >= 0.3 is 0 Å². The zero-order chi connectivity index (χ0) is 20.7. The van der Waals surface area contributed by atoms with Crippen molar-refractivity contribution in [2.45, 2.75) is 29.9 Å². The molecule has 2 atom stereocenters. The Balaban J connectivity index is 1.62. The predicted molar refractivity (Wildman–Crippen MR) is 116 cm³/mol. The Labute approximate surface area is 179 Å². The summed E-state index contributed by atoms with van der Waals surface area (Å²) in [6.45, 7) is 1.28. The van der Waals surface area contributed by atoms with Crippen LogP contribution in [0.4, 0.5) is 0 Å². The van der Waals surface area contributed by atoms with E-state index in [1.807, 2.05) is 23.3 Å². The number of para-hydroxylation sites is 1. The van der Waals surface area contributed by atoms with Crippen LogP contribution in [0.25, 0.3) is 11.3 Å². The number of nitrogens with zero attached hydrogens (tertiary/aromatic N) is 2. The van der Waals surface area contributed by atoms with Gasteiger partial charge in [0, 0.05) is 29.2 Å². The van der Waals surface area contributed by atoms with Crippen molar-refractivity contribution in [1.29, 1.82) is 0 Å². The predicted octanol–water partition coefficient (Wildman–Crippen LogP) is 4.23. The summed E-state index contributed by atoms with van der Waals surface area (Å²) < 4.78 is 5.83. The van der Waals surface area contributed by atoms with Gasteiger partial charge in [0.25, 0.3) is 5.91 Å². The Morgan fingerprint density at radius 3 is 2.73 bits per heavy atom. The van der Waals surface area contributed by atoms with Gasteiger partial charge in [-0.1, -0.05) is 24.3 Å². The highest BCUT2D eigenvalue weighted by Gasteiger charge is 2.43. The molecule has 0 radical (unpaired) electrons. The number of nitrogens with one attached hydrogen (secondary N) is 1. The van der Waals surface area contributed by atoms with Crippen molar-refractivity contribution in [3.8, 4) is 17.0 Å². The first-order chi connectivity index (χ1) is 14.7. The van der Waals surface area contributed by atoms with Gasteiger partial charge in [0.2, 0.25) is 0 Å². The minimum atomic E-state index is -0.277. The lowest BCUT2D eigenvalue weighted by Gasteiger charge is -2.28. The topological polar surface area (TPSA) is 78.5 Å². The smallest absolute Gasteiger partial charge is 0.273 e. The monoisotopic (exact) mass is 421 g/mol. The molecule has 1 aromatic heterocycles. The summed E-state index contributed by atoms with van der Waals surface area (Å²) in [7, 11) is 0. The van der Waals surface area contributed by atoms with Crippen molar-refractivity contribution in [2.75, 3.05) is 19.4 Å². The molecule has 30 heavy (non-hydrogen) atoms. The number of hydrogen-bond donors (Lipinski definition) is 2. The van der Waals surface area contributed by atoms with E-state index in [2.05, 4.69) is 34.5 Å². The van der Waals surface area contributed by atoms with Gasteiger partial charge in [0.15, 0.2) is 0 Å². The highest BCUT2D eigenvalue weighted by Crippen LogP contribution is 2.44. The van der Waals surface area contributed by atoms with Crippen LogP contribution in [0.2, 0.25) is 0 Å².